The molecule has 0 fully saturated rings. The fraction of sp³-hybridized carbons (Fsp3) is 0.364. The van der Waals surface area contributed by atoms with Crippen LogP contribution in [0.3, 0.4) is 0 Å². The summed E-state index contributed by atoms with van der Waals surface area (Å²) >= 11 is 0. The van der Waals surface area contributed by atoms with Crippen molar-refractivity contribution in [3.8, 4) is 0 Å². The highest BCUT2D eigenvalue weighted by atomic mass is 15.2. The van der Waals surface area contributed by atoms with Crippen LogP contribution in [0.1, 0.15) is 12.5 Å². The lowest BCUT2D eigenvalue weighted by Crippen LogP contribution is -2.31. The number of amidine groups is 1. The lowest BCUT2D eigenvalue weighted by molar-refractivity contribution is 0.609. The molecule has 1 N–H and O–H groups in total. The first-order valence-corrected chi connectivity index (χ1v) is 4.79. The van der Waals surface area contributed by atoms with E-state index in [-0.39, 0.29) is 6.17 Å². The summed E-state index contributed by atoms with van der Waals surface area (Å²) in [4.78, 5) is 6.61. The summed E-state index contributed by atoms with van der Waals surface area (Å²) in [5, 5.41) is 3.33. The molecular formula is C11H15N3. The first-order chi connectivity index (χ1) is 6.68. The average molecular weight is 189 g/mol. The predicted molar refractivity (Wildman–Crippen MR) is 59.8 cm³/mol. The van der Waals surface area contributed by atoms with E-state index in [2.05, 4.69) is 34.3 Å². The second-order valence-corrected chi connectivity index (χ2v) is 3.71. The lowest BCUT2D eigenvalue weighted by atomic mass is 10.1. The third kappa shape index (κ3) is 1.45. The molecule has 1 aliphatic rings. The van der Waals surface area contributed by atoms with Gasteiger partial charge < -0.3 is 10.2 Å². The first kappa shape index (κ1) is 9.06. The van der Waals surface area contributed by atoms with Crippen LogP contribution in [0.4, 0.5) is 5.69 Å². The van der Waals surface area contributed by atoms with E-state index in [1.807, 2.05) is 26.2 Å². The van der Waals surface area contributed by atoms with Crippen molar-refractivity contribution in [2.24, 2.45) is 4.99 Å². The Labute approximate surface area is 84.5 Å². The van der Waals surface area contributed by atoms with Gasteiger partial charge in [0.2, 0.25) is 0 Å². The lowest BCUT2D eigenvalue weighted by Gasteiger charge is -2.26. The minimum atomic E-state index is 0.155. The second kappa shape index (κ2) is 3.33. The number of hydrogen-bond donors (Lipinski definition) is 1. The van der Waals surface area contributed by atoms with Crippen LogP contribution in [0.15, 0.2) is 29.3 Å². The van der Waals surface area contributed by atoms with Gasteiger partial charge in [-0.2, -0.15) is 0 Å². The van der Waals surface area contributed by atoms with E-state index >= 15 is 0 Å². The number of para-hydroxylation sites is 1. The topological polar surface area (TPSA) is 27.6 Å². The first-order valence-electron chi connectivity index (χ1n) is 4.79. The smallest absolute Gasteiger partial charge is 0.134 e. The molecule has 1 heterocycles. The molecule has 2 rings (SSSR count). The van der Waals surface area contributed by atoms with Crippen LogP contribution in [0, 0.1) is 0 Å². The molecule has 0 aliphatic carbocycles. The Morgan fingerprint density at radius 2 is 2.00 bits per heavy atom. The Bertz CT molecular complexity index is 369. The van der Waals surface area contributed by atoms with E-state index in [0.29, 0.717) is 0 Å². The third-order valence-electron chi connectivity index (χ3n) is 2.27. The van der Waals surface area contributed by atoms with Gasteiger partial charge in [0, 0.05) is 25.3 Å². The number of nitrogens with zero attached hydrogens (tertiary/aromatic N) is 2. The van der Waals surface area contributed by atoms with Gasteiger partial charge in [0.05, 0.1) is 0 Å². The molecular weight excluding hydrogens is 174 g/mol. The summed E-state index contributed by atoms with van der Waals surface area (Å²) in [6.07, 6.45) is 0.155. The Morgan fingerprint density at radius 1 is 1.29 bits per heavy atom. The van der Waals surface area contributed by atoms with Crippen molar-refractivity contribution in [2.45, 2.75) is 13.1 Å². The minimum absolute atomic E-state index is 0.155. The van der Waals surface area contributed by atoms with Gasteiger partial charge in [-0.15, -0.1) is 0 Å². The van der Waals surface area contributed by atoms with E-state index in [9.17, 15) is 0 Å². The van der Waals surface area contributed by atoms with E-state index in [1.54, 1.807) is 0 Å². The van der Waals surface area contributed by atoms with Crippen LogP contribution in [0.2, 0.25) is 0 Å². The van der Waals surface area contributed by atoms with Crippen molar-refractivity contribution in [1.29, 1.82) is 0 Å². The number of nitrogens with one attached hydrogen (secondary N) is 1. The highest BCUT2D eigenvalue weighted by molar-refractivity contribution is 6.04. The zero-order chi connectivity index (χ0) is 10.1. The van der Waals surface area contributed by atoms with Gasteiger partial charge in [0.1, 0.15) is 12.0 Å². The van der Waals surface area contributed by atoms with Gasteiger partial charge in [0.25, 0.3) is 0 Å². The van der Waals surface area contributed by atoms with E-state index < -0.39 is 0 Å². The molecule has 0 amide bonds. The van der Waals surface area contributed by atoms with Gasteiger partial charge >= 0.3 is 0 Å². The molecule has 3 nitrogen and oxygen atoms in total. The summed E-state index contributed by atoms with van der Waals surface area (Å²) in [7, 11) is 4.04. The van der Waals surface area contributed by atoms with Gasteiger partial charge in [-0.1, -0.05) is 12.1 Å². The highest BCUT2D eigenvalue weighted by Crippen LogP contribution is 2.22. The minimum Gasteiger partial charge on any atom is -0.363 e. The highest BCUT2D eigenvalue weighted by Gasteiger charge is 2.17. The average Bonchev–Trinajstić information content (AvgIpc) is 2.16. The third-order valence-corrected chi connectivity index (χ3v) is 2.27. The summed E-state index contributed by atoms with van der Waals surface area (Å²) in [5.74, 6) is 1.05. The fourth-order valence-corrected chi connectivity index (χ4v) is 1.67. The molecule has 1 unspecified atom stereocenters. The van der Waals surface area contributed by atoms with Crippen LogP contribution < -0.4 is 5.32 Å². The normalized spacial score (nSPS) is 19.4. The Morgan fingerprint density at radius 3 is 2.71 bits per heavy atom. The largest absolute Gasteiger partial charge is 0.363 e. The molecule has 74 valence electrons. The van der Waals surface area contributed by atoms with E-state index in [4.69, 9.17) is 0 Å². The molecule has 1 aromatic rings. The monoisotopic (exact) mass is 189 g/mol. The molecule has 1 aliphatic heterocycles. The van der Waals surface area contributed by atoms with Crippen molar-refractivity contribution < 1.29 is 0 Å². The zero-order valence-electron chi connectivity index (χ0n) is 8.78. The van der Waals surface area contributed by atoms with Crippen LogP contribution >= 0.6 is 0 Å². The predicted octanol–water partition coefficient (Wildman–Crippen LogP) is 1.77. The number of aliphatic imine (C=N–C) groups is 1. The van der Waals surface area contributed by atoms with E-state index in [1.165, 1.54) is 11.3 Å². The van der Waals surface area contributed by atoms with Crippen LogP contribution in [-0.2, 0) is 0 Å². The quantitative estimate of drug-likeness (QED) is 0.673. The summed E-state index contributed by atoms with van der Waals surface area (Å²) in [6.45, 7) is 2.06. The van der Waals surface area contributed by atoms with Crippen molar-refractivity contribution in [3.05, 3.63) is 29.8 Å². The fourth-order valence-electron chi connectivity index (χ4n) is 1.67. The molecule has 0 aromatic heterocycles. The van der Waals surface area contributed by atoms with Gasteiger partial charge in [-0.05, 0) is 19.1 Å². The number of benzene rings is 1. The Kier molecular flexibility index (Phi) is 2.15. The molecule has 0 spiro atoms. The van der Waals surface area contributed by atoms with Crippen molar-refractivity contribution in [3.63, 3.8) is 0 Å². The van der Waals surface area contributed by atoms with Crippen LogP contribution in [-0.4, -0.2) is 31.0 Å². The molecule has 0 bridgehead atoms. The maximum Gasteiger partial charge on any atom is 0.134 e. The number of fused-ring (bicyclic) bond motifs is 1. The van der Waals surface area contributed by atoms with Gasteiger partial charge in [-0.25, -0.2) is 4.99 Å². The molecule has 1 atom stereocenters. The van der Waals surface area contributed by atoms with Crippen LogP contribution in [0.5, 0.6) is 0 Å². The summed E-state index contributed by atoms with van der Waals surface area (Å²) < 4.78 is 0. The molecule has 1 aromatic carbocycles. The number of anilines is 1. The van der Waals surface area contributed by atoms with E-state index in [0.717, 1.165) is 5.84 Å². The molecule has 0 radical (unpaired) electrons. The van der Waals surface area contributed by atoms with Crippen molar-refractivity contribution in [2.75, 3.05) is 19.4 Å². The zero-order valence-corrected chi connectivity index (χ0v) is 8.78. The maximum absolute atomic E-state index is 4.55. The number of hydrogen-bond acceptors (Lipinski definition) is 3. The molecule has 3 heteroatoms. The van der Waals surface area contributed by atoms with Gasteiger partial charge in [-0.3, -0.25) is 0 Å². The Hall–Kier alpha value is -1.51. The SMILES string of the molecule is CC1N=C(N(C)C)c2ccccc2N1. The molecule has 0 saturated heterocycles. The summed E-state index contributed by atoms with van der Waals surface area (Å²) in [5.41, 5.74) is 2.34. The second-order valence-electron chi connectivity index (χ2n) is 3.71. The van der Waals surface area contributed by atoms with Crippen molar-refractivity contribution >= 4 is 11.5 Å². The summed E-state index contributed by atoms with van der Waals surface area (Å²) in [6, 6.07) is 8.25. The number of rotatable bonds is 0. The van der Waals surface area contributed by atoms with Gasteiger partial charge in [0.15, 0.2) is 0 Å². The molecule has 14 heavy (non-hydrogen) atoms. The Balaban J connectivity index is 2.50. The maximum atomic E-state index is 4.55. The molecule has 0 saturated carbocycles. The van der Waals surface area contributed by atoms with Crippen molar-refractivity contribution in [1.82, 2.24) is 4.90 Å². The van der Waals surface area contributed by atoms with Crippen LogP contribution in [0.25, 0.3) is 0 Å². The standard InChI is InChI=1S/C11H15N3/c1-8-12-10-7-5-4-6-9(10)11(13-8)14(2)3/h4-8,12H,1-3H3.